The molecule has 0 saturated carbocycles. The highest BCUT2D eigenvalue weighted by molar-refractivity contribution is 5.85. The second kappa shape index (κ2) is 7.28. The van der Waals surface area contributed by atoms with Gasteiger partial charge in [0, 0.05) is 30.4 Å². The average molecular weight is 393 g/mol. The van der Waals surface area contributed by atoms with Crippen LogP contribution in [-0.4, -0.2) is 14.1 Å². The van der Waals surface area contributed by atoms with Crippen LogP contribution in [-0.2, 0) is 20.0 Å². The van der Waals surface area contributed by atoms with E-state index in [0.717, 1.165) is 40.2 Å². The molecule has 0 aliphatic carbocycles. The third-order valence-corrected chi connectivity index (χ3v) is 5.24. The average Bonchev–Trinajstić information content (AvgIpc) is 3.10. The molecule has 0 bridgehead atoms. The van der Waals surface area contributed by atoms with Crippen LogP contribution in [0.2, 0.25) is 0 Å². The van der Waals surface area contributed by atoms with Crippen LogP contribution in [0.5, 0.6) is 0 Å². The standard InChI is InChI=1S/C23H21F2N3O/c1-4-15-8-17(18-7-14(2)23(29)27(3)11-18)9-21-22(15)26-13-28(21)12-16-5-6-19(24)10-20(16)25/h5-11,13H,4,12H2,1-3H3. The summed E-state index contributed by atoms with van der Waals surface area (Å²) in [4.78, 5) is 16.6. The maximum atomic E-state index is 14.2. The smallest absolute Gasteiger partial charge is 0.253 e. The number of halogens is 2. The fourth-order valence-corrected chi connectivity index (χ4v) is 3.67. The number of benzene rings is 2. The number of hydrogen-bond donors (Lipinski definition) is 0. The zero-order chi connectivity index (χ0) is 20.7. The predicted molar refractivity (Wildman–Crippen MR) is 110 cm³/mol. The van der Waals surface area contributed by atoms with E-state index in [2.05, 4.69) is 18.0 Å². The largest absolute Gasteiger partial charge is 0.326 e. The van der Waals surface area contributed by atoms with Gasteiger partial charge in [0.1, 0.15) is 11.6 Å². The van der Waals surface area contributed by atoms with Crippen LogP contribution in [0.15, 0.2) is 53.7 Å². The van der Waals surface area contributed by atoms with E-state index in [1.165, 1.54) is 12.1 Å². The second-order valence-electron chi connectivity index (χ2n) is 7.29. The minimum Gasteiger partial charge on any atom is -0.326 e. The van der Waals surface area contributed by atoms with Gasteiger partial charge in [-0.2, -0.15) is 0 Å². The molecule has 4 rings (SSSR count). The van der Waals surface area contributed by atoms with Gasteiger partial charge in [0.15, 0.2) is 0 Å². The Hall–Kier alpha value is -3.28. The Labute approximate surface area is 167 Å². The molecule has 0 unspecified atom stereocenters. The molecule has 4 aromatic rings. The van der Waals surface area contributed by atoms with Gasteiger partial charge in [-0.3, -0.25) is 4.79 Å². The fourth-order valence-electron chi connectivity index (χ4n) is 3.67. The van der Waals surface area contributed by atoms with Crippen molar-refractivity contribution in [1.82, 2.24) is 14.1 Å². The van der Waals surface area contributed by atoms with Gasteiger partial charge in [-0.05, 0) is 54.3 Å². The van der Waals surface area contributed by atoms with Crippen molar-refractivity contribution in [1.29, 1.82) is 0 Å². The summed E-state index contributed by atoms with van der Waals surface area (Å²) < 4.78 is 30.8. The highest BCUT2D eigenvalue weighted by atomic mass is 19.1. The van der Waals surface area contributed by atoms with Crippen molar-refractivity contribution in [3.63, 3.8) is 0 Å². The first-order valence-corrected chi connectivity index (χ1v) is 9.46. The highest BCUT2D eigenvalue weighted by Gasteiger charge is 2.13. The zero-order valence-corrected chi connectivity index (χ0v) is 16.5. The van der Waals surface area contributed by atoms with E-state index in [4.69, 9.17) is 0 Å². The summed E-state index contributed by atoms with van der Waals surface area (Å²) in [5.41, 5.74) is 5.74. The maximum absolute atomic E-state index is 14.2. The molecule has 0 aliphatic heterocycles. The molecule has 0 spiro atoms. The second-order valence-corrected chi connectivity index (χ2v) is 7.29. The van der Waals surface area contributed by atoms with Crippen molar-refractivity contribution in [3.05, 3.63) is 87.6 Å². The number of nitrogens with zero attached hydrogens (tertiary/aromatic N) is 3. The lowest BCUT2D eigenvalue weighted by atomic mass is 10.0. The van der Waals surface area contributed by atoms with Gasteiger partial charge in [-0.25, -0.2) is 13.8 Å². The fraction of sp³-hybridized carbons (Fsp3) is 0.217. The van der Waals surface area contributed by atoms with Crippen molar-refractivity contribution >= 4 is 11.0 Å². The van der Waals surface area contributed by atoms with E-state index < -0.39 is 11.6 Å². The van der Waals surface area contributed by atoms with E-state index in [9.17, 15) is 13.6 Å². The van der Waals surface area contributed by atoms with Gasteiger partial charge in [0.2, 0.25) is 0 Å². The number of pyridine rings is 1. The van der Waals surface area contributed by atoms with Crippen LogP contribution in [0.4, 0.5) is 8.78 Å². The molecule has 148 valence electrons. The molecule has 2 heterocycles. The van der Waals surface area contributed by atoms with Gasteiger partial charge in [-0.1, -0.05) is 13.0 Å². The van der Waals surface area contributed by atoms with Gasteiger partial charge in [-0.15, -0.1) is 0 Å². The molecule has 0 fully saturated rings. The summed E-state index contributed by atoms with van der Waals surface area (Å²) in [5.74, 6) is -1.17. The van der Waals surface area contributed by atoms with Gasteiger partial charge in [0.25, 0.3) is 5.56 Å². The molecule has 0 atom stereocenters. The molecule has 0 saturated heterocycles. The highest BCUT2D eigenvalue weighted by Crippen LogP contribution is 2.28. The summed E-state index contributed by atoms with van der Waals surface area (Å²) >= 11 is 0. The Morgan fingerprint density at radius 1 is 1.03 bits per heavy atom. The van der Waals surface area contributed by atoms with Crippen molar-refractivity contribution < 1.29 is 8.78 Å². The van der Waals surface area contributed by atoms with E-state index in [1.54, 1.807) is 24.9 Å². The number of aromatic nitrogens is 3. The quantitative estimate of drug-likeness (QED) is 0.508. The molecule has 2 aromatic carbocycles. The van der Waals surface area contributed by atoms with Gasteiger partial charge < -0.3 is 9.13 Å². The third kappa shape index (κ3) is 3.46. The van der Waals surface area contributed by atoms with E-state index in [1.807, 2.05) is 22.9 Å². The minimum atomic E-state index is -0.595. The summed E-state index contributed by atoms with van der Waals surface area (Å²) in [5, 5.41) is 0. The molecule has 2 aromatic heterocycles. The van der Waals surface area contributed by atoms with Crippen molar-refractivity contribution in [2.24, 2.45) is 7.05 Å². The third-order valence-electron chi connectivity index (χ3n) is 5.24. The summed E-state index contributed by atoms with van der Waals surface area (Å²) in [6.45, 7) is 4.11. The van der Waals surface area contributed by atoms with Gasteiger partial charge in [0.05, 0.1) is 23.9 Å². The molecular weight excluding hydrogens is 372 g/mol. The molecule has 4 nitrogen and oxygen atoms in total. The molecule has 0 amide bonds. The molecular formula is C23H21F2N3O. The van der Waals surface area contributed by atoms with Crippen LogP contribution in [0.25, 0.3) is 22.2 Å². The van der Waals surface area contributed by atoms with E-state index >= 15 is 0 Å². The number of rotatable bonds is 4. The van der Waals surface area contributed by atoms with Crippen LogP contribution >= 0.6 is 0 Å². The first-order valence-electron chi connectivity index (χ1n) is 9.46. The molecule has 0 radical (unpaired) electrons. The van der Waals surface area contributed by atoms with Crippen molar-refractivity contribution in [2.45, 2.75) is 26.8 Å². The zero-order valence-electron chi connectivity index (χ0n) is 16.5. The Morgan fingerprint density at radius 2 is 1.83 bits per heavy atom. The Bertz CT molecular complexity index is 1260. The predicted octanol–water partition coefficient (Wildman–Crippen LogP) is 4.60. The maximum Gasteiger partial charge on any atom is 0.253 e. The number of hydrogen-bond acceptors (Lipinski definition) is 2. The SMILES string of the molecule is CCc1cc(-c2cc(C)c(=O)n(C)c2)cc2c1ncn2Cc1ccc(F)cc1F. The lowest BCUT2D eigenvalue weighted by Gasteiger charge is -2.11. The number of imidazole rings is 1. The summed E-state index contributed by atoms with van der Waals surface area (Å²) in [6.07, 6.45) is 4.29. The molecule has 0 N–H and O–H groups in total. The first-order chi connectivity index (χ1) is 13.9. The summed E-state index contributed by atoms with van der Waals surface area (Å²) in [7, 11) is 1.74. The Morgan fingerprint density at radius 3 is 2.52 bits per heavy atom. The molecule has 29 heavy (non-hydrogen) atoms. The number of fused-ring (bicyclic) bond motifs is 1. The summed E-state index contributed by atoms with van der Waals surface area (Å²) in [6, 6.07) is 9.57. The molecule has 0 aliphatic rings. The monoisotopic (exact) mass is 393 g/mol. The van der Waals surface area contributed by atoms with Crippen LogP contribution in [0.1, 0.15) is 23.6 Å². The normalized spacial score (nSPS) is 11.3. The van der Waals surface area contributed by atoms with Crippen LogP contribution in [0, 0.1) is 18.6 Å². The van der Waals surface area contributed by atoms with Gasteiger partial charge >= 0.3 is 0 Å². The van der Waals surface area contributed by atoms with Crippen molar-refractivity contribution in [2.75, 3.05) is 0 Å². The minimum absolute atomic E-state index is 0.0256. The topological polar surface area (TPSA) is 39.8 Å². The first kappa shape index (κ1) is 19.1. The Kier molecular flexibility index (Phi) is 4.78. The lowest BCUT2D eigenvalue weighted by Crippen LogP contribution is -2.18. The lowest BCUT2D eigenvalue weighted by molar-refractivity contribution is 0.567. The van der Waals surface area contributed by atoms with E-state index in [-0.39, 0.29) is 12.1 Å². The Balaban J connectivity index is 1.86. The van der Waals surface area contributed by atoms with Crippen LogP contribution < -0.4 is 5.56 Å². The number of aryl methyl sites for hydroxylation is 3. The van der Waals surface area contributed by atoms with Crippen LogP contribution in [0.3, 0.4) is 0 Å². The van der Waals surface area contributed by atoms with Crippen molar-refractivity contribution in [3.8, 4) is 11.1 Å². The molecule has 6 heteroatoms. The van der Waals surface area contributed by atoms with E-state index in [0.29, 0.717) is 11.1 Å².